The number of carbonyl (C=O) groups is 1. The first-order valence-electron chi connectivity index (χ1n) is 8.60. The van der Waals surface area contributed by atoms with Gasteiger partial charge in [-0.1, -0.05) is 12.1 Å². The Morgan fingerprint density at radius 3 is 2.60 bits per heavy atom. The highest BCUT2D eigenvalue weighted by Gasteiger charge is 2.28. The number of rotatable bonds is 3. The van der Waals surface area contributed by atoms with Crippen molar-refractivity contribution in [2.24, 2.45) is 5.73 Å². The quantitative estimate of drug-likeness (QED) is 0.796. The summed E-state index contributed by atoms with van der Waals surface area (Å²) in [4.78, 5) is 19.0. The standard InChI is InChI=1S/C20H21N3O2/c1-23(16-11-10-15(21)12-16)20(24)14-8-6-13(7-9-14)19-22-17-4-2-3-5-18(17)25-19/h2-9,15-16H,10-12,21H2,1H3. The topological polar surface area (TPSA) is 72.4 Å². The van der Waals surface area contributed by atoms with E-state index in [1.807, 2.05) is 60.5 Å². The molecule has 25 heavy (non-hydrogen) atoms. The van der Waals surface area contributed by atoms with E-state index in [0.717, 1.165) is 35.9 Å². The third-order valence-corrected chi connectivity index (χ3v) is 4.99. The number of aromatic nitrogens is 1. The predicted molar refractivity (Wildman–Crippen MR) is 97.2 cm³/mol. The van der Waals surface area contributed by atoms with Gasteiger partial charge in [-0.05, 0) is 55.7 Å². The molecule has 0 bridgehead atoms. The van der Waals surface area contributed by atoms with Crippen LogP contribution in [0.3, 0.4) is 0 Å². The normalized spacial score (nSPS) is 20.1. The van der Waals surface area contributed by atoms with E-state index < -0.39 is 0 Å². The summed E-state index contributed by atoms with van der Waals surface area (Å²) in [5.41, 5.74) is 9.08. The van der Waals surface area contributed by atoms with Gasteiger partial charge in [-0.2, -0.15) is 0 Å². The van der Waals surface area contributed by atoms with E-state index in [1.165, 1.54) is 0 Å². The molecule has 4 rings (SSSR count). The zero-order valence-corrected chi connectivity index (χ0v) is 14.2. The highest BCUT2D eigenvalue weighted by molar-refractivity contribution is 5.94. The predicted octanol–water partition coefficient (Wildman–Crippen LogP) is 3.45. The lowest BCUT2D eigenvalue weighted by Gasteiger charge is -2.24. The van der Waals surface area contributed by atoms with Crippen LogP contribution in [0.2, 0.25) is 0 Å². The van der Waals surface area contributed by atoms with E-state index in [-0.39, 0.29) is 18.0 Å². The van der Waals surface area contributed by atoms with Gasteiger partial charge in [-0.25, -0.2) is 4.98 Å². The van der Waals surface area contributed by atoms with Crippen molar-refractivity contribution in [3.63, 3.8) is 0 Å². The van der Waals surface area contributed by atoms with Crippen LogP contribution >= 0.6 is 0 Å². The molecule has 0 spiro atoms. The molecule has 0 radical (unpaired) electrons. The summed E-state index contributed by atoms with van der Waals surface area (Å²) in [6.07, 6.45) is 2.84. The number of fused-ring (bicyclic) bond motifs is 1. The van der Waals surface area contributed by atoms with Gasteiger partial charge >= 0.3 is 0 Å². The number of hydrogen-bond acceptors (Lipinski definition) is 4. The van der Waals surface area contributed by atoms with E-state index in [1.54, 1.807) is 0 Å². The second kappa shape index (κ2) is 6.33. The highest BCUT2D eigenvalue weighted by atomic mass is 16.3. The first-order chi connectivity index (χ1) is 12.1. The number of nitrogens with two attached hydrogens (primary N) is 1. The molecule has 3 aromatic rings. The average molecular weight is 335 g/mol. The van der Waals surface area contributed by atoms with Gasteiger partial charge in [0.05, 0.1) is 0 Å². The molecule has 1 aliphatic carbocycles. The van der Waals surface area contributed by atoms with E-state index in [2.05, 4.69) is 4.98 Å². The van der Waals surface area contributed by atoms with Gasteiger partial charge in [0.1, 0.15) is 5.52 Å². The molecule has 5 heteroatoms. The van der Waals surface area contributed by atoms with Crippen LogP contribution in [0.25, 0.3) is 22.6 Å². The monoisotopic (exact) mass is 335 g/mol. The van der Waals surface area contributed by atoms with E-state index in [9.17, 15) is 4.79 Å². The fraction of sp³-hybridized carbons (Fsp3) is 0.300. The number of nitrogens with zero attached hydrogens (tertiary/aromatic N) is 2. The molecule has 1 fully saturated rings. The number of oxazole rings is 1. The first kappa shape index (κ1) is 15.8. The van der Waals surface area contributed by atoms with Crippen LogP contribution in [0.4, 0.5) is 0 Å². The molecule has 2 N–H and O–H groups in total. The van der Waals surface area contributed by atoms with Crippen LogP contribution in [-0.4, -0.2) is 34.9 Å². The summed E-state index contributed by atoms with van der Waals surface area (Å²) in [5.74, 6) is 0.596. The van der Waals surface area contributed by atoms with Crippen molar-refractivity contribution in [3.05, 3.63) is 54.1 Å². The lowest BCUT2D eigenvalue weighted by Crippen LogP contribution is -2.36. The minimum atomic E-state index is 0.0308. The van der Waals surface area contributed by atoms with Gasteiger partial charge in [0.25, 0.3) is 5.91 Å². The molecular weight excluding hydrogens is 314 g/mol. The lowest BCUT2D eigenvalue weighted by atomic mass is 10.1. The molecule has 1 saturated carbocycles. The van der Waals surface area contributed by atoms with Crippen molar-refractivity contribution in [2.75, 3.05) is 7.05 Å². The summed E-state index contributed by atoms with van der Waals surface area (Å²) in [5, 5.41) is 0. The Hall–Kier alpha value is -2.66. The zero-order chi connectivity index (χ0) is 17.4. The maximum Gasteiger partial charge on any atom is 0.253 e. The van der Waals surface area contributed by atoms with E-state index in [4.69, 9.17) is 10.2 Å². The summed E-state index contributed by atoms with van der Waals surface area (Å²) in [7, 11) is 1.86. The van der Waals surface area contributed by atoms with Gasteiger partial charge in [-0.3, -0.25) is 4.79 Å². The molecule has 1 aromatic heterocycles. The smallest absolute Gasteiger partial charge is 0.253 e. The SMILES string of the molecule is CN(C(=O)c1ccc(-c2nc3ccccc3o2)cc1)C1CCC(N)C1. The van der Waals surface area contributed by atoms with Crippen molar-refractivity contribution < 1.29 is 9.21 Å². The Morgan fingerprint density at radius 1 is 1.16 bits per heavy atom. The molecule has 2 atom stereocenters. The van der Waals surface area contributed by atoms with Crippen molar-refractivity contribution >= 4 is 17.0 Å². The fourth-order valence-corrected chi connectivity index (χ4v) is 3.46. The fourth-order valence-electron chi connectivity index (χ4n) is 3.46. The Bertz CT molecular complexity index is 868. The summed E-state index contributed by atoms with van der Waals surface area (Å²) in [6.45, 7) is 0. The molecule has 0 saturated heterocycles. The Balaban J connectivity index is 1.54. The zero-order valence-electron chi connectivity index (χ0n) is 14.2. The maximum absolute atomic E-state index is 12.7. The number of carbonyl (C=O) groups excluding carboxylic acids is 1. The van der Waals surface area contributed by atoms with Gasteiger partial charge in [0.15, 0.2) is 5.58 Å². The third kappa shape index (κ3) is 3.03. The van der Waals surface area contributed by atoms with Crippen LogP contribution in [0, 0.1) is 0 Å². The van der Waals surface area contributed by atoms with Crippen molar-refractivity contribution in [3.8, 4) is 11.5 Å². The molecule has 5 nitrogen and oxygen atoms in total. The van der Waals surface area contributed by atoms with Gasteiger partial charge in [0, 0.05) is 30.3 Å². The van der Waals surface area contributed by atoms with Crippen LogP contribution in [0.1, 0.15) is 29.6 Å². The van der Waals surface area contributed by atoms with Gasteiger partial charge in [0.2, 0.25) is 5.89 Å². The van der Waals surface area contributed by atoms with Crippen LogP contribution in [0.5, 0.6) is 0 Å². The van der Waals surface area contributed by atoms with Crippen molar-refractivity contribution in [1.29, 1.82) is 0 Å². The molecule has 1 amide bonds. The summed E-state index contributed by atoms with van der Waals surface area (Å²) < 4.78 is 5.77. The highest BCUT2D eigenvalue weighted by Crippen LogP contribution is 2.26. The lowest BCUT2D eigenvalue weighted by molar-refractivity contribution is 0.0734. The largest absolute Gasteiger partial charge is 0.436 e. The molecule has 128 valence electrons. The van der Waals surface area contributed by atoms with E-state index in [0.29, 0.717) is 11.5 Å². The van der Waals surface area contributed by atoms with E-state index >= 15 is 0 Å². The summed E-state index contributed by atoms with van der Waals surface area (Å²) >= 11 is 0. The number of benzene rings is 2. The first-order valence-corrected chi connectivity index (χ1v) is 8.60. The summed E-state index contributed by atoms with van der Waals surface area (Å²) in [6, 6.07) is 15.5. The van der Waals surface area contributed by atoms with Gasteiger partial charge in [-0.15, -0.1) is 0 Å². The molecule has 1 heterocycles. The molecular formula is C20H21N3O2. The number of para-hydroxylation sites is 2. The average Bonchev–Trinajstić information content (AvgIpc) is 3.26. The minimum Gasteiger partial charge on any atom is -0.436 e. The van der Waals surface area contributed by atoms with Crippen LogP contribution < -0.4 is 5.73 Å². The number of hydrogen-bond donors (Lipinski definition) is 1. The van der Waals surface area contributed by atoms with Crippen LogP contribution in [-0.2, 0) is 0 Å². The van der Waals surface area contributed by atoms with Crippen LogP contribution in [0.15, 0.2) is 52.9 Å². The third-order valence-electron chi connectivity index (χ3n) is 4.99. The van der Waals surface area contributed by atoms with Crippen molar-refractivity contribution in [2.45, 2.75) is 31.3 Å². The Labute approximate surface area is 146 Å². The van der Waals surface area contributed by atoms with Gasteiger partial charge < -0.3 is 15.1 Å². The Kier molecular flexibility index (Phi) is 4.01. The molecule has 2 unspecified atom stereocenters. The maximum atomic E-state index is 12.7. The molecule has 1 aliphatic rings. The second-order valence-corrected chi connectivity index (χ2v) is 6.71. The second-order valence-electron chi connectivity index (χ2n) is 6.71. The molecule has 0 aliphatic heterocycles. The minimum absolute atomic E-state index is 0.0308. The Morgan fingerprint density at radius 2 is 1.92 bits per heavy atom. The number of amides is 1. The molecule has 2 aromatic carbocycles. The van der Waals surface area contributed by atoms with Crippen molar-refractivity contribution in [1.82, 2.24) is 9.88 Å².